The lowest BCUT2D eigenvalue weighted by Gasteiger charge is -2.12. The number of rotatable bonds is 8. The van der Waals surface area contributed by atoms with Gasteiger partial charge in [0.15, 0.2) is 5.96 Å². The van der Waals surface area contributed by atoms with Crippen LogP contribution in [0.25, 0.3) is 0 Å². The van der Waals surface area contributed by atoms with Crippen LogP contribution in [0.4, 0.5) is 0 Å². The first kappa shape index (κ1) is 23.8. The van der Waals surface area contributed by atoms with Crippen molar-refractivity contribution in [3.8, 4) is 0 Å². The molecule has 2 rings (SSSR count). The number of nitrogens with one attached hydrogen (secondary N) is 3. The van der Waals surface area contributed by atoms with Crippen molar-refractivity contribution in [2.75, 3.05) is 26.7 Å². The molecule has 3 N–H and O–H groups in total. The molecule has 9 heteroatoms. The minimum atomic E-state index is -0.0854. The maximum Gasteiger partial charge on any atom is 0.251 e. The third-order valence-electron chi connectivity index (χ3n) is 3.61. The minimum Gasteiger partial charge on any atom is -0.356 e. The van der Waals surface area contributed by atoms with E-state index in [4.69, 9.17) is 0 Å². The highest BCUT2D eigenvalue weighted by molar-refractivity contribution is 14.0. The number of hydrogen-bond acceptors (Lipinski definition) is 4. The summed E-state index contributed by atoms with van der Waals surface area (Å²) in [6.07, 6.45) is 3.84. The summed E-state index contributed by atoms with van der Waals surface area (Å²) >= 11 is 5.11. The predicted octanol–water partition coefficient (Wildman–Crippen LogP) is 3.22. The van der Waals surface area contributed by atoms with Crippen molar-refractivity contribution in [3.63, 3.8) is 0 Å². The Hall–Kier alpha value is -1.20. The number of carbonyl (C=O) groups excluding carboxylic acids is 1. The Kier molecular flexibility index (Phi) is 11.5. The van der Waals surface area contributed by atoms with Crippen LogP contribution in [-0.2, 0) is 12.8 Å². The van der Waals surface area contributed by atoms with E-state index in [0.29, 0.717) is 18.7 Å². The zero-order valence-electron chi connectivity index (χ0n) is 15.4. The molecular formula is C18H25BrIN5OS. The first-order chi connectivity index (χ1) is 12.6. The van der Waals surface area contributed by atoms with Crippen molar-refractivity contribution in [1.29, 1.82) is 0 Å². The topological polar surface area (TPSA) is 78.4 Å². The first-order valence-corrected chi connectivity index (χ1v) is 10.1. The van der Waals surface area contributed by atoms with Crippen LogP contribution in [0.15, 0.2) is 39.9 Å². The number of halogens is 2. The van der Waals surface area contributed by atoms with Crippen molar-refractivity contribution in [1.82, 2.24) is 20.9 Å². The molecule has 1 aromatic heterocycles. The molecule has 0 spiro atoms. The minimum absolute atomic E-state index is 0. The molecule has 0 saturated heterocycles. The van der Waals surface area contributed by atoms with E-state index in [-0.39, 0.29) is 29.9 Å². The smallest absolute Gasteiger partial charge is 0.251 e. The van der Waals surface area contributed by atoms with Gasteiger partial charge in [0.1, 0.15) is 0 Å². The molecule has 0 aliphatic rings. The van der Waals surface area contributed by atoms with Crippen LogP contribution in [0.3, 0.4) is 0 Å². The summed E-state index contributed by atoms with van der Waals surface area (Å²) in [5, 5.41) is 10.5. The zero-order chi connectivity index (χ0) is 18.8. The summed E-state index contributed by atoms with van der Waals surface area (Å²) in [7, 11) is 1.73. The van der Waals surface area contributed by atoms with E-state index in [1.54, 1.807) is 30.5 Å². The second-order valence-corrected chi connectivity index (χ2v) is 7.63. The van der Waals surface area contributed by atoms with Crippen molar-refractivity contribution in [2.24, 2.45) is 4.99 Å². The summed E-state index contributed by atoms with van der Waals surface area (Å²) in [4.78, 5) is 21.9. The molecule has 2 aromatic rings. The molecule has 1 amide bonds. The standard InChI is InChI=1S/C18H24BrN5OS.HI/c1-3-15-12-24-16(26-15)8-9-22-18(20-2)23-11-10-21-17(25)13-4-6-14(19)7-5-13;/h4-7,12H,3,8-11H2,1-2H3,(H,21,25)(H2,20,22,23);1H. The molecule has 0 aliphatic carbocycles. The summed E-state index contributed by atoms with van der Waals surface area (Å²) in [6, 6.07) is 7.28. The van der Waals surface area contributed by atoms with E-state index in [1.807, 2.05) is 18.3 Å². The molecule has 0 radical (unpaired) electrons. The summed E-state index contributed by atoms with van der Waals surface area (Å²) in [5.41, 5.74) is 0.644. The predicted molar refractivity (Wildman–Crippen MR) is 126 cm³/mol. The third-order valence-corrected chi connectivity index (χ3v) is 5.34. The van der Waals surface area contributed by atoms with Crippen LogP contribution < -0.4 is 16.0 Å². The lowest BCUT2D eigenvalue weighted by molar-refractivity contribution is 0.0954. The van der Waals surface area contributed by atoms with E-state index >= 15 is 0 Å². The third kappa shape index (κ3) is 8.56. The van der Waals surface area contributed by atoms with Gasteiger partial charge in [0.05, 0.1) is 5.01 Å². The molecule has 0 bridgehead atoms. The van der Waals surface area contributed by atoms with Gasteiger partial charge < -0.3 is 16.0 Å². The van der Waals surface area contributed by atoms with Gasteiger partial charge in [-0.3, -0.25) is 9.79 Å². The van der Waals surface area contributed by atoms with Crippen LogP contribution >= 0.6 is 51.2 Å². The van der Waals surface area contributed by atoms with Crippen molar-refractivity contribution in [3.05, 3.63) is 50.4 Å². The molecule has 6 nitrogen and oxygen atoms in total. The molecule has 27 heavy (non-hydrogen) atoms. The van der Waals surface area contributed by atoms with Gasteiger partial charge in [0.2, 0.25) is 0 Å². The van der Waals surface area contributed by atoms with Crippen LogP contribution in [-0.4, -0.2) is 43.5 Å². The Labute approximate surface area is 189 Å². The summed E-state index contributed by atoms with van der Waals surface area (Å²) in [6.45, 7) is 4.01. The van der Waals surface area contributed by atoms with Crippen LogP contribution in [0.2, 0.25) is 0 Å². The highest BCUT2D eigenvalue weighted by Crippen LogP contribution is 2.13. The van der Waals surface area contributed by atoms with Crippen molar-refractivity contribution < 1.29 is 4.79 Å². The van der Waals surface area contributed by atoms with Gasteiger partial charge in [0, 0.05) is 54.2 Å². The van der Waals surface area contributed by atoms with Gasteiger partial charge >= 0.3 is 0 Å². The van der Waals surface area contributed by atoms with Gasteiger partial charge in [-0.05, 0) is 30.7 Å². The molecular weight excluding hydrogens is 541 g/mol. The second kappa shape index (κ2) is 13.1. The van der Waals surface area contributed by atoms with Gasteiger partial charge in [0.25, 0.3) is 5.91 Å². The van der Waals surface area contributed by atoms with Crippen molar-refractivity contribution >= 4 is 63.1 Å². The number of amides is 1. The SMILES string of the molecule is CCc1cnc(CCNC(=NC)NCCNC(=O)c2ccc(Br)cc2)s1.I. The molecule has 0 atom stereocenters. The number of aromatic nitrogens is 1. The number of aryl methyl sites for hydroxylation is 1. The summed E-state index contributed by atoms with van der Waals surface area (Å²) in [5.74, 6) is 0.632. The number of carbonyl (C=O) groups is 1. The monoisotopic (exact) mass is 565 g/mol. The molecule has 1 aromatic carbocycles. The Balaban J connectivity index is 0.00000364. The summed E-state index contributed by atoms with van der Waals surface area (Å²) < 4.78 is 0.953. The Bertz CT molecular complexity index is 736. The van der Waals surface area contributed by atoms with Gasteiger partial charge in [-0.2, -0.15) is 0 Å². The normalized spacial score (nSPS) is 10.9. The molecule has 148 valence electrons. The fourth-order valence-corrected chi connectivity index (χ4v) is 3.32. The van der Waals surface area contributed by atoms with Crippen LogP contribution in [0.5, 0.6) is 0 Å². The van der Waals surface area contributed by atoms with E-state index in [9.17, 15) is 4.79 Å². The second-order valence-electron chi connectivity index (χ2n) is 5.51. The Morgan fingerprint density at radius 1 is 1.15 bits per heavy atom. The fourth-order valence-electron chi connectivity index (χ4n) is 2.20. The molecule has 0 unspecified atom stereocenters. The maximum absolute atomic E-state index is 12.0. The fraction of sp³-hybridized carbons (Fsp3) is 0.389. The average molecular weight is 566 g/mol. The number of aliphatic imine (C=N–C) groups is 1. The van der Waals surface area contributed by atoms with E-state index < -0.39 is 0 Å². The number of thiazole rings is 1. The molecule has 0 saturated carbocycles. The number of hydrogen-bond donors (Lipinski definition) is 3. The lowest BCUT2D eigenvalue weighted by Crippen LogP contribution is -2.42. The molecule has 0 aliphatic heterocycles. The van der Waals surface area contributed by atoms with E-state index in [1.165, 1.54) is 4.88 Å². The number of nitrogens with zero attached hydrogens (tertiary/aromatic N) is 2. The van der Waals surface area contributed by atoms with E-state index in [2.05, 4.69) is 48.8 Å². The number of guanidine groups is 1. The zero-order valence-corrected chi connectivity index (χ0v) is 20.2. The highest BCUT2D eigenvalue weighted by Gasteiger charge is 2.05. The number of benzene rings is 1. The molecule has 1 heterocycles. The van der Waals surface area contributed by atoms with Crippen molar-refractivity contribution in [2.45, 2.75) is 19.8 Å². The van der Waals surface area contributed by atoms with Gasteiger partial charge in [-0.1, -0.05) is 22.9 Å². The largest absolute Gasteiger partial charge is 0.356 e. The first-order valence-electron chi connectivity index (χ1n) is 8.54. The van der Waals surface area contributed by atoms with Crippen LogP contribution in [0.1, 0.15) is 27.2 Å². The molecule has 0 fully saturated rings. The van der Waals surface area contributed by atoms with Gasteiger partial charge in [-0.25, -0.2) is 4.98 Å². The highest BCUT2D eigenvalue weighted by atomic mass is 127. The van der Waals surface area contributed by atoms with Crippen LogP contribution in [0, 0.1) is 0 Å². The van der Waals surface area contributed by atoms with Gasteiger partial charge in [-0.15, -0.1) is 35.3 Å². The Morgan fingerprint density at radius 3 is 2.44 bits per heavy atom. The lowest BCUT2D eigenvalue weighted by atomic mass is 10.2. The van der Waals surface area contributed by atoms with E-state index in [0.717, 1.165) is 34.8 Å². The Morgan fingerprint density at radius 2 is 1.81 bits per heavy atom. The maximum atomic E-state index is 12.0. The average Bonchev–Trinajstić information content (AvgIpc) is 3.12. The quantitative estimate of drug-likeness (QED) is 0.199.